The lowest BCUT2D eigenvalue weighted by Crippen LogP contribution is -2.28. The van der Waals surface area contributed by atoms with E-state index in [1.165, 1.54) is 24.0 Å². The molecule has 0 saturated heterocycles. The number of carbonyl (C=O) groups is 1. The molecular weight excluding hydrogens is 392 g/mol. The van der Waals surface area contributed by atoms with Gasteiger partial charge in [-0.25, -0.2) is 0 Å². The van der Waals surface area contributed by atoms with Crippen LogP contribution >= 0.6 is 23.6 Å². The van der Waals surface area contributed by atoms with Gasteiger partial charge in [-0.1, -0.05) is 12.1 Å². The largest absolute Gasteiger partial charge is 0.492 e. The van der Waals surface area contributed by atoms with E-state index in [9.17, 15) is 4.79 Å². The fourth-order valence-electron chi connectivity index (χ4n) is 3.42. The summed E-state index contributed by atoms with van der Waals surface area (Å²) in [6.45, 7) is 1.42. The summed E-state index contributed by atoms with van der Waals surface area (Å²) in [4.78, 5) is 13.2. The van der Waals surface area contributed by atoms with Gasteiger partial charge in [0.2, 0.25) is 5.91 Å². The lowest BCUT2D eigenvalue weighted by Gasteiger charge is -2.10. The van der Waals surface area contributed by atoms with Crippen LogP contribution in [-0.4, -0.2) is 33.8 Å². The second kappa shape index (κ2) is 8.70. The number of aryl methyl sites for hydroxylation is 2. The Labute approximate surface area is 172 Å². The standard InChI is InChI=1S/C20H22N4O2S2/c25-18(8-10-24-19(22-23-20(24)27)17-5-2-12-28-17)21-9-11-26-16-7-6-14-3-1-4-15(14)13-16/h2,5-7,12-13H,1,3-4,8-11H2,(H,21,25)(H,23,27). The van der Waals surface area contributed by atoms with Crippen LogP contribution in [0.15, 0.2) is 35.7 Å². The number of nitrogens with one attached hydrogen (secondary N) is 2. The van der Waals surface area contributed by atoms with E-state index in [0.717, 1.165) is 22.9 Å². The maximum atomic E-state index is 12.2. The van der Waals surface area contributed by atoms with Crippen molar-refractivity contribution in [2.24, 2.45) is 0 Å². The molecule has 6 nitrogen and oxygen atoms in total. The second-order valence-corrected chi connectivity index (χ2v) is 8.05. The SMILES string of the molecule is O=C(CCn1c(-c2cccs2)n[nH]c1=S)NCCOc1ccc2c(c1)CCC2. The number of rotatable bonds is 8. The van der Waals surface area contributed by atoms with E-state index in [4.69, 9.17) is 17.0 Å². The topological polar surface area (TPSA) is 71.9 Å². The molecule has 4 rings (SSSR count). The van der Waals surface area contributed by atoms with Crippen molar-refractivity contribution in [3.05, 3.63) is 51.6 Å². The number of H-pyrrole nitrogens is 1. The van der Waals surface area contributed by atoms with Gasteiger partial charge >= 0.3 is 0 Å². The first kappa shape index (κ1) is 18.9. The van der Waals surface area contributed by atoms with E-state index in [1.807, 2.05) is 28.1 Å². The summed E-state index contributed by atoms with van der Waals surface area (Å²) in [5, 5.41) is 12.0. The molecule has 0 saturated carbocycles. The van der Waals surface area contributed by atoms with Crippen LogP contribution in [0.5, 0.6) is 5.75 Å². The minimum Gasteiger partial charge on any atom is -0.492 e. The molecular formula is C20H22N4O2S2. The lowest BCUT2D eigenvalue weighted by molar-refractivity contribution is -0.121. The van der Waals surface area contributed by atoms with Crippen molar-refractivity contribution in [2.45, 2.75) is 32.2 Å². The molecule has 2 N–H and O–H groups in total. The number of aromatic amines is 1. The van der Waals surface area contributed by atoms with Crippen LogP contribution in [-0.2, 0) is 24.2 Å². The first-order valence-electron chi connectivity index (χ1n) is 9.41. The molecule has 0 unspecified atom stereocenters. The number of carbonyl (C=O) groups excluding carboxylic acids is 1. The van der Waals surface area contributed by atoms with Gasteiger partial charge in [0.05, 0.1) is 11.4 Å². The van der Waals surface area contributed by atoms with E-state index in [1.54, 1.807) is 11.3 Å². The third-order valence-electron chi connectivity index (χ3n) is 4.83. The molecule has 0 radical (unpaired) electrons. The zero-order valence-corrected chi connectivity index (χ0v) is 17.1. The average Bonchev–Trinajstić information content (AvgIpc) is 3.44. The van der Waals surface area contributed by atoms with Gasteiger partial charge in [0.1, 0.15) is 12.4 Å². The van der Waals surface area contributed by atoms with Crippen molar-refractivity contribution >= 4 is 29.5 Å². The molecule has 146 valence electrons. The Kier molecular flexibility index (Phi) is 5.87. The number of benzene rings is 1. The molecule has 28 heavy (non-hydrogen) atoms. The van der Waals surface area contributed by atoms with Gasteiger partial charge in [-0.05, 0) is 66.2 Å². The van der Waals surface area contributed by atoms with Gasteiger partial charge < -0.3 is 10.1 Å². The fraction of sp³-hybridized carbons (Fsp3) is 0.350. The number of hydrogen-bond donors (Lipinski definition) is 2. The molecule has 8 heteroatoms. The van der Waals surface area contributed by atoms with Gasteiger partial charge in [0.25, 0.3) is 0 Å². The monoisotopic (exact) mass is 414 g/mol. The normalized spacial score (nSPS) is 12.7. The number of fused-ring (bicyclic) bond motifs is 1. The molecule has 1 amide bonds. The van der Waals surface area contributed by atoms with Crippen LogP contribution in [0.1, 0.15) is 24.0 Å². The zero-order chi connectivity index (χ0) is 19.3. The van der Waals surface area contributed by atoms with E-state index in [-0.39, 0.29) is 5.91 Å². The Balaban J connectivity index is 1.23. The quantitative estimate of drug-likeness (QED) is 0.435. The van der Waals surface area contributed by atoms with Crippen molar-refractivity contribution < 1.29 is 9.53 Å². The molecule has 1 aromatic carbocycles. The summed E-state index contributed by atoms with van der Waals surface area (Å²) in [5.74, 6) is 1.62. The highest BCUT2D eigenvalue weighted by Gasteiger charge is 2.12. The van der Waals surface area contributed by atoms with E-state index < -0.39 is 0 Å². The van der Waals surface area contributed by atoms with E-state index in [0.29, 0.717) is 30.9 Å². The number of aromatic nitrogens is 3. The summed E-state index contributed by atoms with van der Waals surface area (Å²) in [5.41, 5.74) is 2.82. The Hall–Kier alpha value is -2.45. The van der Waals surface area contributed by atoms with Crippen molar-refractivity contribution in [3.8, 4) is 16.5 Å². The molecule has 3 aromatic rings. The van der Waals surface area contributed by atoms with E-state index >= 15 is 0 Å². The molecule has 0 atom stereocenters. The Bertz CT molecular complexity index is 1010. The van der Waals surface area contributed by atoms with Crippen LogP contribution < -0.4 is 10.1 Å². The van der Waals surface area contributed by atoms with Crippen LogP contribution in [0.25, 0.3) is 10.7 Å². The summed E-state index contributed by atoms with van der Waals surface area (Å²) in [6.07, 6.45) is 3.86. The number of thiophene rings is 1. The molecule has 0 bridgehead atoms. The molecule has 0 fully saturated rings. The van der Waals surface area contributed by atoms with Gasteiger partial charge in [-0.2, -0.15) is 5.10 Å². The minimum absolute atomic E-state index is 0.0298. The fourth-order valence-corrected chi connectivity index (χ4v) is 4.36. The lowest BCUT2D eigenvalue weighted by atomic mass is 10.1. The number of ether oxygens (including phenoxy) is 1. The molecule has 0 spiro atoms. The highest BCUT2D eigenvalue weighted by molar-refractivity contribution is 7.71. The second-order valence-electron chi connectivity index (χ2n) is 6.71. The summed E-state index contributed by atoms with van der Waals surface area (Å²) in [6, 6.07) is 10.2. The zero-order valence-electron chi connectivity index (χ0n) is 15.4. The first-order valence-corrected chi connectivity index (χ1v) is 10.7. The maximum Gasteiger partial charge on any atom is 0.221 e. The molecule has 2 heterocycles. The maximum absolute atomic E-state index is 12.2. The Morgan fingerprint density at radius 1 is 1.32 bits per heavy atom. The number of amides is 1. The summed E-state index contributed by atoms with van der Waals surface area (Å²) >= 11 is 6.88. The van der Waals surface area contributed by atoms with Gasteiger partial charge in [0, 0.05) is 13.0 Å². The van der Waals surface area contributed by atoms with Crippen LogP contribution in [0, 0.1) is 4.77 Å². The molecule has 2 aromatic heterocycles. The first-order chi connectivity index (χ1) is 13.7. The van der Waals surface area contributed by atoms with Crippen molar-refractivity contribution in [1.82, 2.24) is 20.1 Å². The molecule has 1 aliphatic carbocycles. The number of hydrogen-bond acceptors (Lipinski definition) is 5. The van der Waals surface area contributed by atoms with Crippen molar-refractivity contribution in [3.63, 3.8) is 0 Å². The van der Waals surface area contributed by atoms with Gasteiger partial charge in [0.15, 0.2) is 10.6 Å². The third-order valence-corrected chi connectivity index (χ3v) is 6.00. The number of nitrogens with zero attached hydrogens (tertiary/aromatic N) is 2. The Morgan fingerprint density at radius 3 is 3.07 bits per heavy atom. The smallest absolute Gasteiger partial charge is 0.221 e. The Morgan fingerprint density at radius 2 is 2.21 bits per heavy atom. The summed E-state index contributed by atoms with van der Waals surface area (Å²) < 4.78 is 8.16. The highest BCUT2D eigenvalue weighted by atomic mass is 32.1. The molecule has 1 aliphatic rings. The summed E-state index contributed by atoms with van der Waals surface area (Å²) in [7, 11) is 0. The van der Waals surface area contributed by atoms with Crippen molar-refractivity contribution in [2.75, 3.05) is 13.2 Å². The van der Waals surface area contributed by atoms with Gasteiger partial charge in [-0.15, -0.1) is 11.3 Å². The predicted octanol–water partition coefficient (Wildman–Crippen LogP) is 3.74. The average molecular weight is 415 g/mol. The van der Waals surface area contributed by atoms with Gasteiger partial charge in [-0.3, -0.25) is 14.5 Å². The van der Waals surface area contributed by atoms with Crippen molar-refractivity contribution in [1.29, 1.82) is 0 Å². The van der Waals surface area contributed by atoms with Crippen LogP contribution in [0.3, 0.4) is 0 Å². The van der Waals surface area contributed by atoms with Crippen LogP contribution in [0.2, 0.25) is 0 Å². The minimum atomic E-state index is -0.0298. The van der Waals surface area contributed by atoms with Crippen LogP contribution in [0.4, 0.5) is 0 Å². The molecule has 0 aliphatic heterocycles. The van der Waals surface area contributed by atoms with E-state index in [2.05, 4.69) is 27.6 Å². The third kappa shape index (κ3) is 4.34. The highest BCUT2D eigenvalue weighted by Crippen LogP contribution is 2.26. The predicted molar refractivity (Wildman–Crippen MR) is 112 cm³/mol.